The van der Waals surface area contributed by atoms with E-state index in [-0.39, 0.29) is 6.61 Å². The van der Waals surface area contributed by atoms with Crippen molar-refractivity contribution in [3.05, 3.63) is 0 Å². The largest absolute Gasteiger partial charge is 0.391 e. The van der Waals surface area contributed by atoms with Gasteiger partial charge in [-0.2, -0.15) is 0 Å². The summed E-state index contributed by atoms with van der Waals surface area (Å²) < 4.78 is 28.1. The molecule has 0 rings (SSSR count). The lowest BCUT2D eigenvalue weighted by Crippen LogP contribution is -2.26. The van der Waals surface area contributed by atoms with Crippen molar-refractivity contribution in [2.24, 2.45) is 0 Å². The zero-order valence-corrected chi connectivity index (χ0v) is 6.39. The van der Waals surface area contributed by atoms with Gasteiger partial charge in [-0.3, -0.25) is 0 Å². The van der Waals surface area contributed by atoms with Gasteiger partial charge >= 0.3 is 0 Å². The van der Waals surface area contributed by atoms with E-state index >= 15 is 0 Å². The van der Waals surface area contributed by atoms with Gasteiger partial charge in [0, 0.05) is 0 Å². The van der Waals surface area contributed by atoms with E-state index in [4.69, 9.17) is 5.11 Å². The molecule has 2 nitrogen and oxygen atoms in total. The van der Waals surface area contributed by atoms with Crippen LogP contribution in [0.2, 0.25) is 0 Å². The van der Waals surface area contributed by atoms with Gasteiger partial charge in [0.2, 0.25) is 5.82 Å². The molecule has 0 aliphatic rings. The topological polar surface area (TPSA) is 29.5 Å². The van der Waals surface area contributed by atoms with Crippen LogP contribution < -0.4 is 0 Å². The summed E-state index contributed by atoms with van der Waals surface area (Å²) in [5.74, 6) is -3.30. The monoisotopic (exact) mass is 164 g/mol. The summed E-state index contributed by atoms with van der Waals surface area (Å²) in [6.45, 7) is 0.794. The maximum atomic E-state index is 11.8. The molecule has 0 heterocycles. The Balaban J connectivity index is 3.28. The molecule has 0 aromatic carbocycles. The maximum Gasteiger partial charge on any atom is 0.222 e. The molecule has 64 valence electrons. The predicted molar refractivity (Wildman–Crippen MR) is 37.8 cm³/mol. The van der Waals surface area contributed by atoms with Crippen LogP contribution in [0, 0.1) is 0 Å². The van der Waals surface area contributed by atoms with Crippen LogP contribution in [0.3, 0.4) is 0 Å². The van der Waals surface area contributed by atoms with Crippen LogP contribution in [-0.4, -0.2) is 38.1 Å². The van der Waals surface area contributed by atoms with Gasteiger partial charge in [0.1, 0.15) is 6.61 Å². The molecule has 0 saturated heterocycles. The molecule has 0 aromatic heterocycles. The van der Waals surface area contributed by atoms with Crippen LogP contribution in [0.5, 0.6) is 0 Å². The molecule has 0 aliphatic carbocycles. The minimum atomic E-state index is -3.30. The molecular weight excluding hydrogens is 153 g/mol. The number of hydrogen-bond acceptors (Lipinski definition) is 2. The van der Waals surface area contributed by atoms with E-state index in [1.807, 2.05) is 0 Å². The first-order chi connectivity index (χ1) is 4.95. The normalized spacial score (nSPS) is 14.9. The van der Waals surface area contributed by atoms with Crippen molar-refractivity contribution in [2.45, 2.75) is 25.3 Å². The summed E-state index contributed by atoms with van der Waals surface area (Å²) in [4.78, 5) is 0. The van der Waals surface area contributed by atoms with Gasteiger partial charge in [0.25, 0.3) is 0 Å². The van der Waals surface area contributed by atoms with Crippen molar-refractivity contribution in [3.8, 4) is 0 Å². The van der Waals surface area contributed by atoms with Gasteiger partial charge in [-0.05, 0) is 6.42 Å². The number of alkyl halides is 2. The molecule has 11 heavy (non-hydrogen) atoms. The second kappa shape index (κ2) is 4.67. The van der Waals surface area contributed by atoms with Crippen LogP contribution in [0.15, 0.2) is 0 Å². The van der Waals surface area contributed by atoms with E-state index in [2.05, 4.69) is 12.6 Å². The zero-order chi connectivity index (χ0) is 8.91. The minimum Gasteiger partial charge on any atom is -0.391 e. The fourth-order valence-electron chi connectivity index (χ4n) is 0.449. The average molecular weight is 164 g/mol. The first-order valence-corrected chi connectivity index (χ1v) is 3.38. The Morgan fingerprint density at radius 1 is 1.64 bits per heavy atom. The van der Waals surface area contributed by atoms with Gasteiger partial charge in [0.15, 0.2) is 7.85 Å². The summed E-state index contributed by atoms with van der Waals surface area (Å²) in [5.41, 5.74) is 0. The summed E-state index contributed by atoms with van der Waals surface area (Å²) in [7, 11) is 4.32. The smallest absolute Gasteiger partial charge is 0.222 e. The van der Waals surface area contributed by atoms with E-state index < -0.39 is 18.5 Å². The van der Waals surface area contributed by atoms with Gasteiger partial charge in [-0.25, -0.2) is 8.78 Å². The Morgan fingerprint density at radius 2 is 2.18 bits per heavy atom. The summed E-state index contributed by atoms with van der Waals surface area (Å²) in [5, 5.41) is 8.84. The van der Waals surface area contributed by atoms with Crippen LogP contribution >= 0.6 is 0 Å². The van der Waals surface area contributed by atoms with Gasteiger partial charge in [-0.15, -0.1) is 0 Å². The molecule has 0 bridgehead atoms. The second-order valence-corrected chi connectivity index (χ2v) is 2.34. The highest BCUT2D eigenvalue weighted by molar-refractivity contribution is 6.13. The highest BCUT2D eigenvalue weighted by Gasteiger charge is 2.20. The Bertz CT molecular complexity index is 105. The molecule has 0 amide bonds. The lowest BCUT2D eigenvalue weighted by Gasteiger charge is -2.13. The summed E-state index contributed by atoms with van der Waals surface area (Å²) in [6.07, 6.45) is -0.201. The van der Waals surface area contributed by atoms with Crippen molar-refractivity contribution in [2.75, 3.05) is 13.2 Å². The maximum absolute atomic E-state index is 11.8. The van der Waals surface area contributed by atoms with Crippen molar-refractivity contribution >= 4 is 7.85 Å². The van der Waals surface area contributed by atoms with Crippen LogP contribution in [0.25, 0.3) is 0 Å². The van der Waals surface area contributed by atoms with Crippen LogP contribution in [0.1, 0.15) is 13.3 Å². The molecular formula is C6H11BF2O2. The third-order valence-corrected chi connectivity index (χ3v) is 1.08. The fraction of sp³-hybridized carbons (Fsp3) is 1.00. The Kier molecular flexibility index (Phi) is 4.60. The fourth-order valence-corrected chi connectivity index (χ4v) is 0.449. The van der Waals surface area contributed by atoms with Crippen molar-refractivity contribution < 1.29 is 18.6 Å². The first kappa shape index (κ1) is 10.8. The SMILES string of the molecule is [B]C(F)(F)COCC(O)CC. The number of halogens is 2. The van der Waals surface area contributed by atoms with Crippen molar-refractivity contribution in [3.63, 3.8) is 0 Å². The number of ether oxygens (including phenoxy) is 1. The van der Waals surface area contributed by atoms with Crippen LogP contribution in [-0.2, 0) is 4.74 Å². The molecule has 0 aromatic rings. The lowest BCUT2D eigenvalue weighted by molar-refractivity contribution is -0.0420. The van der Waals surface area contributed by atoms with E-state index in [0.29, 0.717) is 6.42 Å². The standard InChI is InChI=1S/C6H11BF2O2/c1-2-5(10)3-11-4-6(7,8)9/h5,10H,2-4H2,1H3. The van der Waals surface area contributed by atoms with E-state index in [9.17, 15) is 8.78 Å². The van der Waals surface area contributed by atoms with Gasteiger partial charge in [-0.1, -0.05) is 6.92 Å². The molecule has 5 heteroatoms. The second-order valence-electron chi connectivity index (χ2n) is 2.34. The molecule has 0 spiro atoms. The molecule has 1 atom stereocenters. The van der Waals surface area contributed by atoms with Gasteiger partial charge < -0.3 is 9.84 Å². The number of aliphatic hydroxyl groups excluding tert-OH is 1. The molecule has 2 radical (unpaired) electrons. The van der Waals surface area contributed by atoms with E-state index in [0.717, 1.165) is 0 Å². The lowest BCUT2D eigenvalue weighted by atomic mass is 10.0. The Labute approximate surface area is 66.0 Å². The summed E-state index contributed by atoms with van der Waals surface area (Å²) in [6, 6.07) is 0. The average Bonchev–Trinajstić information content (AvgIpc) is 1.85. The van der Waals surface area contributed by atoms with E-state index in [1.165, 1.54) is 0 Å². The molecule has 0 saturated carbocycles. The van der Waals surface area contributed by atoms with Crippen LogP contribution in [0.4, 0.5) is 8.78 Å². The number of rotatable bonds is 5. The molecule has 0 fully saturated rings. The molecule has 0 aliphatic heterocycles. The Morgan fingerprint density at radius 3 is 2.55 bits per heavy atom. The molecule has 1 unspecified atom stereocenters. The van der Waals surface area contributed by atoms with Gasteiger partial charge in [0.05, 0.1) is 12.7 Å². The quantitative estimate of drug-likeness (QED) is 0.600. The zero-order valence-electron chi connectivity index (χ0n) is 6.39. The first-order valence-electron chi connectivity index (χ1n) is 3.38. The van der Waals surface area contributed by atoms with Crippen molar-refractivity contribution in [1.29, 1.82) is 0 Å². The summed E-state index contributed by atoms with van der Waals surface area (Å²) >= 11 is 0. The third kappa shape index (κ3) is 7.74. The highest BCUT2D eigenvalue weighted by atomic mass is 19.3. The molecule has 1 N–H and O–H groups in total. The van der Waals surface area contributed by atoms with E-state index in [1.54, 1.807) is 6.92 Å². The Hall–Kier alpha value is -0.155. The third-order valence-electron chi connectivity index (χ3n) is 1.08. The predicted octanol–water partition coefficient (Wildman–Crippen LogP) is 0.535. The number of aliphatic hydroxyl groups is 1. The minimum absolute atomic E-state index is 0.0940. The van der Waals surface area contributed by atoms with Crippen molar-refractivity contribution in [1.82, 2.24) is 0 Å². The highest BCUT2D eigenvalue weighted by Crippen LogP contribution is 2.07. The number of hydrogen-bond donors (Lipinski definition) is 1.